The third kappa shape index (κ3) is 5.98. The van der Waals surface area contributed by atoms with Gasteiger partial charge >= 0.3 is 0 Å². The van der Waals surface area contributed by atoms with E-state index < -0.39 is 5.82 Å². The summed E-state index contributed by atoms with van der Waals surface area (Å²) in [6.07, 6.45) is 0. The van der Waals surface area contributed by atoms with Gasteiger partial charge < -0.3 is 10.1 Å². The van der Waals surface area contributed by atoms with Crippen molar-refractivity contribution in [2.24, 2.45) is 5.41 Å². The van der Waals surface area contributed by atoms with Crippen LogP contribution in [-0.4, -0.2) is 18.7 Å². The normalized spacial score (nSPS) is 12.6. The van der Waals surface area contributed by atoms with Crippen molar-refractivity contribution in [3.8, 4) is 5.75 Å². The average molecular weight is 367 g/mol. The highest BCUT2D eigenvalue weighted by Gasteiger charge is 2.22. The van der Waals surface area contributed by atoms with Gasteiger partial charge in [-0.3, -0.25) is 0 Å². The van der Waals surface area contributed by atoms with Gasteiger partial charge in [0.05, 0.1) is 16.1 Å². The second-order valence-corrected chi connectivity index (χ2v) is 8.01. The van der Waals surface area contributed by atoms with Gasteiger partial charge in [0, 0.05) is 23.6 Å². The molecule has 0 amide bonds. The van der Waals surface area contributed by atoms with Crippen LogP contribution in [0.25, 0.3) is 0 Å². The first-order chi connectivity index (χ1) is 9.00. The van der Waals surface area contributed by atoms with E-state index in [-0.39, 0.29) is 16.0 Å². The number of rotatable bonds is 5. The Bertz CT molecular complexity index is 472. The van der Waals surface area contributed by atoms with E-state index in [0.29, 0.717) is 16.8 Å². The quantitative estimate of drug-likeness (QED) is 0.738. The van der Waals surface area contributed by atoms with Gasteiger partial charge in [0.2, 0.25) is 0 Å². The standard InChI is InChI=1S/C15H22BrClFNO/c1-14(2,3)19-8-15(4,5)9-20-13-7-12(18)11(17)6-10(13)16/h6-7,19H,8-9H2,1-5H3. The summed E-state index contributed by atoms with van der Waals surface area (Å²) in [7, 11) is 0. The summed E-state index contributed by atoms with van der Waals surface area (Å²) in [6, 6.07) is 2.81. The highest BCUT2D eigenvalue weighted by atomic mass is 79.9. The average Bonchev–Trinajstić information content (AvgIpc) is 2.29. The van der Waals surface area contributed by atoms with Gasteiger partial charge in [0.1, 0.15) is 11.6 Å². The van der Waals surface area contributed by atoms with Crippen LogP contribution in [0.15, 0.2) is 16.6 Å². The molecule has 0 aromatic heterocycles. The van der Waals surface area contributed by atoms with E-state index in [1.54, 1.807) is 0 Å². The van der Waals surface area contributed by atoms with Crippen molar-refractivity contribution in [1.82, 2.24) is 5.32 Å². The zero-order chi connectivity index (χ0) is 15.6. The molecule has 0 aliphatic carbocycles. The minimum absolute atomic E-state index is 0.0598. The van der Waals surface area contributed by atoms with Crippen LogP contribution in [0.5, 0.6) is 5.75 Å². The van der Waals surface area contributed by atoms with Crippen LogP contribution >= 0.6 is 27.5 Å². The van der Waals surface area contributed by atoms with Gasteiger partial charge in [0.25, 0.3) is 0 Å². The summed E-state index contributed by atoms with van der Waals surface area (Å²) >= 11 is 9.03. The molecule has 2 nitrogen and oxygen atoms in total. The van der Waals surface area contributed by atoms with Crippen molar-refractivity contribution in [3.63, 3.8) is 0 Å². The maximum atomic E-state index is 13.4. The number of nitrogens with one attached hydrogen (secondary N) is 1. The monoisotopic (exact) mass is 365 g/mol. The molecule has 0 saturated carbocycles. The summed E-state index contributed by atoms with van der Waals surface area (Å²) < 4.78 is 19.8. The Balaban J connectivity index is 2.64. The van der Waals surface area contributed by atoms with Crippen LogP contribution in [0.1, 0.15) is 34.6 Å². The predicted octanol–water partition coefficient (Wildman–Crippen LogP) is 5.03. The topological polar surface area (TPSA) is 21.3 Å². The van der Waals surface area contributed by atoms with Gasteiger partial charge in [-0.05, 0) is 42.8 Å². The molecule has 114 valence electrons. The van der Waals surface area contributed by atoms with Gasteiger partial charge in [-0.2, -0.15) is 0 Å². The lowest BCUT2D eigenvalue weighted by atomic mass is 9.93. The molecule has 0 aliphatic rings. The minimum Gasteiger partial charge on any atom is -0.492 e. The van der Waals surface area contributed by atoms with E-state index in [1.165, 1.54) is 12.1 Å². The molecule has 20 heavy (non-hydrogen) atoms. The number of hydrogen-bond acceptors (Lipinski definition) is 2. The SMILES string of the molecule is CC(C)(CNC(C)(C)C)COc1cc(F)c(Cl)cc1Br. The molecule has 1 aromatic rings. The Labute approximate surface area is 134 Å². The molecular weight excluding hydrogens is 345 g/mol. The second kappa shape index (κ2) is 6.63. The highest BCUT2D eigenvalue weighted by Crippen LogP contribution is 2.31. The van der Waals surface area contributed by atoms with Crippen LogP contribution in [0, 0.1) is 11.2 Å². The van der Waals surface area contributed by atoms with E-state index in [2.05, 4.69) is 55.9 Å². The van der Waals surface area contributed by atoms with Gasteiger partial charge in [0.15, 0.2) is 0 Å². The van der Waals surface area contributed by atoms with Crippen molar-refractivity contribution >= 4 is 27.5 Å². The fourth-order valence-electron chi connectivity index (χ4n) is 1.44. The summed E-state index contributed by atoms with van der Waals surface area (Å²) in [5.74, 6) is -0.00813. The van der Waals surface area contributed by atoms with E-state index >= 15 is 0 Å². The fourth-order valence-corrected chi connectivity index (χ4v) is 2.20. The largest absolute Gasteiger partial charge is 0.492 e. The fraction of sp³-hybridized carbons (Fsp3) is 0.600. The molecule has 0 saturated heterocycles. The molecule has 0 heterocycles. The lowest BCUT2D eigenvalue weighted by Gasteiger charge is -2.30. The van der Waals surface area contributed by atoms with Crippen LogP contribution in [-0.2, 0) is 0 Å². The highest BCUT2D eigenvalue weighted by molar-refractivity contribution is 9.10. The maximum absolute atomic E-state index is 13.4. The minimum atomic E-state index is -0.476. The van der Waals surface area contributed by atoms with Crippen molar-refractivity contribution in [1.29, 1.82) is 0 Å². The maximum Gasteiger partial charge on any atom is 0.145 e. The Morgan fingerprint density at radius 2 is 1.85 bits per heavy atom. The zero-order valence-corrected chi connectivity index (χ0v) is 15.0. The van der Waals surface area contributed by atoms with E-state index in [0.717, 1.165) is 6.54 Å². The second-order valence-electron chi connectivity index (χ2n) is 6.75. The van der Waals surface area contributed by atoms with Crippen LogP contribution < -0.4 is 10.1 Å². The Morgan fingerprint density at radius 3 is 2.40 bits per heavy atom. The number of halogens is 3. The summed E-state index contributed by atoms with van der Waals surface area (Å²) in [6.45, 7) is 11.9. The Hall–Kier alpha value is -0.320. The lowest BCUT2D eigenvalue weighted by Crippen LogP contribution is -2.43. The van der Waals surface area contributed by atoms with Gasteiger partial charge in [-0.15, -0.1) is 0 Å². The molecule has 0 bridgehead atoms. The van der Waals surface area contributed by atoms with Crippen molar-refractivity contribution < 1.29 is 9.13 Å². The van der Waals surface area contributed by atoms with E-state index in [1.807, 2.05) is 0 Å². The molecular formula is C15H22BrClFNO. The number of hydrogen-bond donors (Lipinski definition) is 1. The zero-order valence-electron chi connectivity index (χ0n) is 12.6. The number of benzene rings is 1. The molecule has 0 atom stereocenters. The Kier molecular flexibility index (Phi) is 5.88. The first-order valence-corrected chi connectivity index (χ1v) is 7.70. The Morgan fingerprint density at radius 1 is 1.25 bits per heavy atom. The molecule has 1 N–H and O–H groups in total. The van der Waals surface area contributed by atoms with Crippen molar-refractivity contribution in [3.05, 3.63) is 27.4 Å². The van der Waals surface area contributed by atoms with Crippen molar-refractivity contribution in [2.45, 2.75) is 40.2 Å². The third-order valence-corrected chi connectivity index (χ3v) is 3.60. The molecule has 1 aromatic carbocycles. The summed E-state index contributed by atoms with van der Waals surface area (Å²) in [5, 5.41) is 3.53. The van der Waals surface area contributed by atoms with Gasteiger partial charge in [-0.1, -0.05) is 25.4 Å². The first-order valence-electron chi connectivity index (χ1n) is 6.53. The summed E-state index contributed by atoms with van der Waals surface area (Å²) in [4.78, 5) is 0. The van der Waals surface area contributed by atoms with E-state index in [4.69, 9.17) is 16.3 Å². The van der Waals surface area contributed by atoms with Crippen LogP contribution in [0.3, 0.4) is 0 Å². The first kappa shape index (κ1) is 17.7. The number of ether oxygens (including phenoxy) is 1. The summed E-state index contributed by atoms with van der Waals surface area (Å²) in [5.41, 5.74) is -0.00688. The lowest BCUT2D eigenvalue weighted by molar-refractivity contribution is 0.164. The smallest absolute Gasteiger partial charge is 0.145 e. The molecule has 0 spiro atoms. The molecule has 5 heteroatoms. The molecule has 0 radical (unpaired) electrons. The van der Waals surface area contributed by atoms with Crippen molar-refractivity contribution in [2.75, 3.05) is 13.2 Å². The van der Waals surface area contributed by atoms with Crippen LogP contribution in [0.4, 0.5) is 4.39 Å². The molecule has 0 fully saturated rings. The van der Waals surface area contributed by atoms with Crippen LogP contribution in [0.2, 0.25) is 5.02 Å². The predicted molar refractivity (Wildman–Crippen MR) is 86.1 cm³/mol. The molecule has 1 rings (SSSR count). The van der Waals surface area contributed by atoms with Gasteiger partial charge in [-0.25, -0.2) is 4.39 Å². The van der Waals surface area contributed by atoms with E-state index in [9.17, 15) is 4.39 Å². The third-order valence-electron chi connectivity index (χ3n) is 2.69. The molecule has 0 aliphatic heterocycles. The molecule has 0 unspecified atom stereocenters.